The van der Waals surface area contributed by atoms with Crippen molar-refractivity contribution in [3.8, 4) is 11.8 Å². The van der Waals surface area contributed by atoms with Gasteiger partial charge in [0.2, 0.25) is 0 Å². The minimum absolute atomic E-state index is 0.00923. The average Bonchev–Trinajstić information content (AvgIpc) is 2.99. The maximum Gasteiger partial charge on any atom is 0.322 e. The summed E-state index contributed by atoms with van der Waals surface area (Å²) in [7, 11) is 0. The van der Waals surface area contributed by atoms with Crippen molar-refractivity contribution in [3.05, 3.63) is 58.3 Å². The van der Waals surface area contributed by atoms with Crippen molar-refractivity contribution in [2.75, 3.05) is 6.54 Å². The molecule has 0 aliphatic rings. The molecule has 0 unspecified atom stereocenters. The lowest BCUT2D eigenvalue weighted by atomic mass is 10.1. The normalized spacial score (nSPS) is 10.6. The summed E-state index contributed by atoms with van der Waals surface area (Å²) in [4.78, 5) is 26.6. The number of carbonyl (C=O) groups excluding carboxylic acids is 1. The molecule has 0 fully saturated rings. The van der Waals surface area contributed by atoms with Gasteiger partial charge in [-0.3, -0.25) is 9.59 Å². The molecule has 0 aliphatic carbocycles. The Morgan fingerprint density at radius 3 is 2.71 bits per heavy atom. The number of hydrogen-bond acceptors (Lipinski definition) is 5. The molecule has 3 N–H and O–H groups in total. The largest absolute Gasteiger partial charge is 0.505 e. The predicted octanol–water partition coefficient (Wildman–Crippen LogP) is 2.27. The lowest BCUT2D eigenvalue weighted by molar-refractivity contribution is -0.135. The van der Waals surface area contributed by atoms with Gasteiger partial charge in [0.05, 0.1) is 22.5 Å². The highest BCUT2D eigenvalue weighted by Crippen LogP contribution is 2.37. The summed E-state index contributed by atoms with van der Waals surface area (Å²) in [6.07, 6.45) is 1.39. The number of carboxylic acid groups (broad SMARTS) is 1. The van der Waals surface area contributed by atoms with Crippen molar-refractivity contribution in [1.82, 2.24) is 14.9 Å². The molecule has 1 amide bonds. The van der Waals surface area contributed by atoms with E-state index in [1.54, 1.807) is 12.1 Å². The highest BCUT2D eigenvalue weighted by Gasteiger charge is 2.24. The molecule has 1 aromatic carbocycles. The first kappa shape index (κ1) is 19.1. The minimum Gasteiger partial charge on any atom is -0.505 e. The van der Waals surface area contributed by atoms with Crippen LogP contribution in [0, 0.1) is 17.1 Å². The third-order valence-corrected chi connectivity index (χ3v) is 4.25. The van der Waals surface area contributed by atoms with Crippen molar-refractivity contribution < 1.29 is 24.2 Å². The summed E-state index contributed by atoms with van der Waals surface area (Å²) in [6.45, 7) is -0.682. The van der Waals surface area contributed by atoms with E-state index in [1.807, 2.05) is 6.07 Å². The Balaban J connectivity index is 2.14. The van der Waals surface area contributed by atoms with E-state index in [2.05, 4.69) is 10.3 Å². The van der Waals surface area contributed by atoms with E-state index in [9.17, 15) is 24.3 Å². The molecule has 10 heteroatoms. The SMILES string of the molecule is N#Cc1nc(C(=O)NCC(=O)O)c(O)c2c(Cl)cn(Cc3ccccc3F)c12. The lowest BCUT2D eigenvalue weighted by Gasteiger charge is -2.10. The fourth-order valence-corrected chi connectivity index (χ4v) is 3.05. The molecule has 3 aromatic rings. The van der Waals surface area contributed by atoms with Crippen LogP contribution in [0.5, 0.6) is 5.75 Å². The van der Waals surface area contributed by atoms with E-state index in [0.717, 1.165) is 0 Å². The summed E-state index contributed by atoms with van der Waals surface area (Å²) in [5.74, 6) is -3.32. The zero-order chi connectivity index (χ0) is 20.4. The smallest absolute Gasteiger partial charge is 0.322 e. The summed E-state index contributed by atoms with van der Waals surface area (Å²) in [5, 5.41) is 30.7. The van der Waals surface area contributed by atoms with Crippen molar-refractivity contribution in [2.24, 2.45) is 0 Å². The summed E-state index contributed by atoms with van der Waals surface area (Å²) in [5.41, 5.74) is -0.307. The van der Waals surface area contributed by atoms with Crippen LogP contribution in [0.1, 0.15) is 21.7 Å². The molecule has 8 nitrogen and oxygen atoms in total. The van der Waals surface area contributed by atoms with Crippen molar-refractivity contribution in [1.29, 1.82) is 5.26 Å². The molecule has 0 radical (unpaired) electrons. The van der Waals surface area contributed by atoms with Gasteiger partial charge in [0.25, 0.3) is 5.91 Å². The molecule has 0 saturated heterocycles. The van der Waals surface area contributed by atoms with Gasteiger partial charge in [0.1, 0.15) is 18.4 Å². The maximum absolute atomic E-state index is 14.0. The van der Waals surface area contributed by atoms with Crippen molar-refractivity contribution in [2.45, 2.75) is 6.54 Å². The van der Waals surface area contributed by atoms with Gasteiger partial charge in [-0.25, -0.2) is 9.37 Å². The van der Waals surface area contributed by atoms with Crippen LogP contribution in [0.3, 0.4) is 0 Å². The number of nitrogens with one attached hydrogen (secondary N) is 1. The van der Waals surface area contributed by atoms with Gasteiger partial charge >= 0.3 is 5.97 Å². The number of fused-ring (bicyclic) bond motifs is 1. The van der Waals surface area contributed by atoms with E-state index in [-0.39, 0.29) is 28.2 Å². The number of rotatable bonds is 5. The number of halogens is 2. The number of amides is 1. The number of carboxylic acids is 1. The first-order valence-corrected chi connectivity index (χ1v) is 8.26. The van der Waals surface area contributed by atoms with Crippen LogP contribution in [0.4, 0.5) is 4.39 Å². The summed E-state index contributed by atoms with van der Waals surface area (Å²) >= 11 is 6.18. The average molecular weight is 403 g/mol. The van der Waals surface area contributed by atoms with E-state index >= 15 is 0 Å². The Morgan fingerprint density at radius 2 is 2.07 bits per heavy atom. The van der Waals surface area contributed by atoms with E-state index < -0.39 is 35.7 Å². The monoisotopic (exact) mass is 402 g/mol. The van der Waals surface area contributed by atoms with Crippen molar-refractivity contribution >= 4 is 34.4 Å². The number of carbonyl (C=O) groups is 2. The maximum atomic E-state index is 14.0. The topological polar surface area (TPSA) is 128 Å². The molecular weight excluding hydrogens is 391 g/mol. The molecule has 0 spiro atoms. The first-order chi connectivity index (χ1) is 13.3. The lowest BCUT2D eigenvalue weighted by Crippen LogP contribution is -2.30. The van der Waals surface area contributed by atoms with Crippen LogP contribution in [0.25, 0.3) is 10.9 Å². The second kappa shape index (κ2) is 7.54. The number of aromatic nitrogens is 2. The minimum atomic E-state index is -1.29. The zero-order valence-electron chi connectivity index (χ0n) is 14.1. The molecule has 142 valence electrons. The fraction of sp³-hybridized carbons (Fsp3) is 0.111. The third-order valence-electron chi connectivity index (χ3n) is 3.96. The third kappa shape index (κ3) is 3.45. The van der Waals surface area contributed by atoms with Gasteiger partial charge in [-0.2, -0.15) is 5.26 Å². The molecule has 0 saturated carbocycles. The Labute approximate surface area is 162 Å². The Bertz CT molecular complexity index is 1150. The summed E-state index contributed by atoms with van der Waals surface area (Å²) in [6, 6.07) is 7.85. The number of hydrogen-bond donors (Lipinski definition) is 3. The molecule has 28 heavy (non-hydrogen) atoms. The number of aromatic hydroxyl groups is 1. The number of nitrogens with zero attached hydrogens (tertiary/aromatic N) is 3. The quantitative estimate of drug-likeness (QED) is 0.600. The van der Waals surface area contributed by atoms with Crippen LogP contribution in [0.2, 0.25) is 5.02 Å². The van der Waals surface area contributed by atoms with E-state index in [1.165, 1.54) is 22.9 Å². The zero-order valence-corrected chi connectivity index (χ0v) is 14.9. The number of aliphatic carboxylic acids is 1. The predicted molar refractivity (Wildman–Crippen MR) is 96.6 cm³/mol. The molecule has 0 bridgehead atoms. The van der Waals surface area contributed by atoms with Gasteiger partial charge in [-0.1, -0.05) is 29.8 Å². The molecule has 0 aliphatic heterocycles. The number of nitriles is 1. The highest BCUT2D eigenvalue weighted by molar-refractivity contribution is 6.36. The van der Waals surface area contributed by atoms with Gasteiger partial charge in [-0.05, 0) is 6.07 Å². The second-order valence-electron chi connectivity index (χ2n) is 5.77. The van der Waals surface area contributed by atoms with Gasteiger partial charge in [0.15, 0.2) is 17.1 Å². The first-order valence-electron chi connectivity index (χ1n) is 7.88. The van der Waals surface area contributed by atoms with Crippen LogP contribution in [-0.2, 0) is 11.3 Å². The number of pyridine rings is 1. The highest BCUT2D eigenvalue weighted by atomic mass is 35.5. The molecule has 2 aromatic heterocycles. The Morgan fingerprint density at radius 1 is 1.36 bits per heavy atom. The molecule has 3 rings (SSSR count). The standard InChI is InChI=1S/C18H12ClFN4O4/c19-10-8-24(7-9-3-1-2-4-11(9)20)16-12(5-21)23-15(17(27)14(10)16)18(28)22-6-13(25)26/h1-4,8,27H,6-7H2,(H,22,28)(H,25,26). The second-order valence-corrected chi connectivity index (χ2v) is 6.17. The van der Waals surface area contributed by atoms with Crippen LogP contribution >= 0.6 is 11.6 Å². The van der Waals surface area contributed by atoms with Crippen LogP contribution in [-0.4, -0.2) is 38.2 Å². The van der Waals surface area contributed by atoms with E-state index in [0.29, 0.717) is 5.56 Å². The van der Waals surface area contributed by atoms with Crippen molar-refractivity contribution in [3.63, 3.8) is 0 Å². The van der Waals surface area contributed by atoms with Crippen LogP contribution in [0.15, 0.2) is 30.5 Å². The van der Waals surface area contributed by atoms with Gasteiger partial charge < -0.3 is 20.1 Å². The van der Waals surface area contributed by atoms with Crippen LogP contribution < -0.4 is 5.32 Å². The van der Waals surface area contributed by atoms with Gasteiger partial charge in [-0.15, -0.1) is 0 Å². The molecule has 2 heterocycles. The molecule has 0 atom stereocenters. The van der Waals surface area contributed by atoms with E-state index in [4.69, 9.17) is 16.7 Å². The Hall–Kier alpha value is -3.64. The fourth-order valence-electron chi connectivity index (χ4n) is 2.75. The Kier molecular flexibility index (Phi) is 5.15. The number of benzene rings is 1. The van der Waals surface area contributed by atoms with Gasteiger partial charge in [0, 0.05) is 11.8 Å². The summed E-state index contributed by atoms with van der Waals surface area (Å²) < 4.78 is 15.4. The molecular formula is C18H12ClFN4O4.